The number of amides is 1. The van der Waals surface area contributed by atoms with Crippen LogP contribution in [-0.4, -0.2) is 40.5 Å². The van der Waals surface area contributed by atoms with Gasteiger partial charge in [-0.25, -0.2) is 4.98 Å². The highest BCUT2D eigenvalue weighted by Gasteiger charge is 2.41. The summed E-state index contributed by atoms with van der Waals surface area (Å²) in [5.41, 5.74) is 1.83. The zero-order chi connectivity index (χ0) is 21.6. The van der Waals surface area contributed by atoms with Crippen molar-refractivity contribution in [2.24, 2.45) is 17.8 Å². The minimum atomic E-state index is -0.459. The van der Waals surface area contributed by atoms with E-state index in [9.17, 15) is 9.90 Å². The molecule has 168 valence electrons. The zero-order valence-electron chi connectivity index (χ0n) is 18.2. The van der Waals surface area contributed by atoms with E-state index in [1.807, 2.05) is 37.3 Å². The van der Waals surface area contributed by atoms with Gasteiger partial charge in [-0.05, 0) is 62.7 Å². The van der Waals surface area contributed by atoms with Crippen molar-refractivity contribution in [1.82, 2.24) is 15.3 Å². The molecule has 0 radical (unpaired) electrons. The fourth-order valence-corrected chi connectivity index (χ4v) is 5.01. The molecule has 3 atom stereocenters. The maximum Gasteiger partial charge on any atom is 0.286 e. The van der Waals surface area contributed by atoms with E-state index in [0.29, 0.717) is 37.1 Å². The normalized spacial score (nSPS) is 24.2. The number of rotatable bonds is 9. The van der Waals surface area contributed by atoms with Crippen molar-refractivity contribution >= 4 is 16.9 Å². The smallest absolute Gasteiger partial charge is 0.286 e. The summed E-state index contributed by atoms with van der Waals surface area (Å²) in [5, 5.41) is 12.3. The Labute approximate surface area is 183 Å². The molecule has 0 saturated heterocycles. The molecule has 2 aliphatic rings. The van der Waals surface area contributed by atoms with Crippen LogP contribution in [0.4, 0.5) is 0 Å². The van der Waals surface area contributed by atoms with Crippen LogP contribution >= 0.6 is 0 Å². The number of aliphatic hydroxyl groups is 1. The summed E-state index contributed by atoms with van der Waals surface area (Å²) in [7, 11) is 0. The first kappa shape index (κ1) is 21.8. The lowest BCUT2D eigenvalue weighted by atomic mass is 9.76. The molecule has 1 saturated carbocycles. The molecule has 1 aromatic heterocycles. The van der Waals surface area contributed by atoms with Gasteiger partial charge in [0.2, 0.25) is 6.29 Å². The molecule has 1 aliphatic carbocycles. The molecule has 1 fully saturated rings. The van der Waals surface area contributed by atoms with Gasteiger partial charge in [0.1, 0.15) is 5.82 Å². The van der Waals surface area contributed by atoms with E-state index in [2.05, 4.69) is 15.3 Å². The summed E-state index contributed by atoms with van der Waals surface area (Å²) >= 11 is 0. The van der Waals surface area contributed by atoms with Gasteiger partial charge in [0.15, 0.2) is 5.76 Å². The molecule has 31 heavy (non-hydrogen) atoms. The van der Waals surface area contributed by atoms with Crippen LogP contribution in [0.3, 0.4) is 0 Å². The summed E-state index contributed by atoms with van der Waals surface area (Å²) in [4.78, 5) is 20.7. The number of imidazole rings is 1. The van der Waals surface area contributed by atoms with Crippen LogP contribution in [0.2, 0.25) is 0 Å². The number of carbonyl (C=O) groups is 1. The number of H-pyrrole nitrogens is 1. The molecule has 4 rings (SSSR count). The number of hydrogen-bond acceptors (Lipinski definition) is 5. The Balaban J connectivity index is 1.49. The Morgan fingerprint density at radius 1 is 1.32 bits per heavy atom. The third-order valence-electron chi connectivity index (χ3n) is 6.48. The average Bonchev–Trinajstić information content (AvgIpc) is 3.46. The number of fused-ring (bicyclic) bond motifs is 1. The Morgan fingerprint density at radius 2 is 2.13 bits per heavy atom. The second kappa shape index (κ2) is 10.3. The fourth-order valence-electron chi connectivity index (χ4n) is 5.01. The second-order valence-electron chi connectivity index (χ2n) is 8.51. The van der Waals surface area contributed by atoms with E-state index in [4.69, 9.17) is 9.47 Å². The zero-order valence-corrected chi connectivity index (χ0v) is 18.2. The molecule has 2 aromatic rings. The lowest BCUT2D eigenvalue weighted by molar-refractivity contribution is -0.176. The predicted octanol–water partition coefficient (Wildman–Crippen LogP) is 3.65. The number of ether oxygens (including phenoxy) is 2. The fraction of sp³-hybridized carbons (Fsp3) is 0.583. The monoisotopic (exact) mass is 427 g/mol. The van der Waals surface area contributed by atoms with Crippen molar-refractivity contribution in [3.05, 3.63) is 41.9 Å². The van der Waals surface area contributed by atoms with Gasteiger partial charge in [-0.15, -0.1) is 0 Å². The van der Waals surface area contributed by atoms with Crippen LogP contribution in [0.25, 0.3) is 11.0 Å². The molecule has 1 aromatic carbocycles. The maximum atomic E-state index is 13.0. The Kier molecular flexibility index (Phi) is 7.25. The topological polar surface area (TPSA) is 96.5 Å². The van der Waals surface area contributed by atoms with Crippen LogP contribution in [0.5, 0.6) is 0 Å². The summed E-state index contributed by atoms with van der Waals surface area (Å²) < 4.78 is 12.0. The van der Waals surface area contributed by atoms with Gasteiger partial charge in [-0.1, -0.05) is 25.0 Å². The molecule has 1 aliphatic heterocycles. The van der Waals surface area contributed by atoms with Crippen molar-refractivity contribution in [2.75, 3.05) is 13.2 Å². The highest BCUT2D eigenvalue weighted by molar-refractivity contribution is 5.91. The van der Waals surface area contributed by atoms with Crippen LogP contribution < -0.4 is 5.32 Å². The van der Waals surface area contributed by atoms with Crippen molar-refractivity contribution in [1.29, 1.82) is 0 Å². The van der Waals surface area contributed by atoms with Crippen LogP contribution in [0, 0.1) is 17.8 Å². The molecule has 7 heteroatoms. The molecule has 1 amide bonds. The van der Waals surface area contributed by atoms with E-state index in [-0.39, 0.29) is 24.3 Å². The van der Waals surface area contributed by atoms with E-state index in [1.54, 1.807) is 0 Å². The number of nitrogens with one attached hydrogen (secondary N) is 2. The first-order valence-electron chi connectivity index (χ1n) is 11.5. The third kappa shape index (κ3) is 5.10. The lowest BCUT2D eigenvalue weighted by Crippen LogP contribution is -2.41. The van der Waals surface area contributed by atoms with E-state index >= 15 is 0 Å². The summed E-state index contributed by atoms with van der Waals surface area (Å²) in [6.07, 6.45) is 7.90. The predicted molar refractivity (Wildman–Crippen MR) is 118 cm³/mol. The van der Waals surface area contributed by atoms with Gasteiger partial charge in [0.25, 0.3) is 5.91 Å². The van der Waals surface area contributed by atoms with Crippen molar-refractivity contribution in [3.63, 3.8) is 0 Å². The molecule has 0 spiro atoms. The van der Waals surface area contributed by atoms with Crippen LogP contribution in [0.15, 0.2) is 36.1 Å². The van der Waals surface area contributed by atoms with Gasteiger partial charge in [-0.2, -0.15) is 0 Å². The van der Waals surface area contributed by atoms with Crippen molar-refractivity contribution < 1.29 is 19.4 Å². The van der Waals surface area contributed by atoms with Crippen molar-refractivity contribution in [2.45, 2.75) is 58.3 Å². The Bertz CT molecular complexity index is 870. The van der Waals surface area contributed by atoms with Gasteiger partial charge in [-0.3, -0.25) is 4.79 Å². The number of nitrogens with zero attached hydrogens (tertiary/aromatic N) is 1. The van der Waals surface area contributed by atoms with Gasteiger partial charge in [0.05, 0.1) is 17.6 Å². The van der Waals surface area contributed by atoms with Crippen LogP contribution in [-0.2, 0) is 20.8 Å². The summed E-state index contributed by atoms with van der Waals surface area (Å²) in [6.45, 7) is 2.92. The molecule has 2 heterocycles. The van der Waals surface area contributed by atoms with E-state index in [0.717, 1.165) is 17.5 Å². The molecular formula is C24H33N3O4. The Hall–Kier alpha value is -2.38. The number of benzene rings is 1. The summed E-state index contributed by atoms with van der Waals surface area (Å²) in [6, 6.07) is 7.80. The molecule has 3 N–H and O–H groups in total. The molecular weight excluding hydrogens is 394 g/mol. The highest BCUT2D eigenvalue weighted by atomic mass is 16.7. The first-order valence-corrected chi connectivity index (χ1v) is 11.5. The van der Waals surface area contributed by atoms with E-state index in [1.165, 1.54) is 25.7 Å². The number of carbonyl (C=O) groups excluding carboxylic acids is 1. The SMILES string of the molecule is CCO[C@@H]1OC(C(=O)NCc2nc3ccccc3[nH]2)=C[C@H](C2CCCC2)[C@H]1CCCO. The number of aromatic amines is 1. The number of aliphatic hydroxyl groups excluding tert-OH is 1. The van der Waals surface area contributed by atoms with Gasteiger partial charge in [0, 0.05) is 19.1 Å². The number of allylic oxidation sites excluding steroid dienone is 1. The lowest BCUT2D eigenvalue weighted by Gasteiger charge is -2.39. The van der Waals surface area contributed by atoms with Gasteiger partial charge >= 0.3 is 0 Å². The first-order chi connectivity index (χ1) is 15.2. The second-order valence-corrected chi connectivity index (χ2v) is 8.51. The van der Waals surface area contributed by atoms with Crippen molar-refractivity contribution in [3.8, 4) is 0 Å². The van der Waals surface area contributed by atoms with E-state index < -0.39 is 6.29 Å². The molecule has 7 nitrogen and oxygen atoms in total. The number of para-hydroxylation sites is 2. The minimum absolute atomic E-state index is 0.154. The number of aromatic nitrogens is 2. The molecule has 0 bridgehead atoms. The minimum Gasteiger partial charge on any atom is -0.459 e. The third-order valence-corrected chi connectivity index (χ3v) is 6.48. The average molecular weight is 428 g/mol. The van der Waals surface area contributed by atoms with Gasteiger partial charge < -0.3 is 24.9 Å². The van der Waals surface area contributed by atoms with Crippen LogP contribution in [0.1, 0.15) is 51.3 Å². The quantitative estimate of drug-likeness (QED) is 0.568. The highest BCUT2D eigenvalue weighted by Crippen LogP contribution is 2.43. The Morgan fingerprint density at radius 3 is 2.87 bits per heavy atom. The standard InChI is InChI=1S/C24H33N3O4/c1-2-30-24-17(10-7-13-28)18(16-8-3-4-9-16)14-21(31-24)23(29)25-15-22-26-19-11-5-6-12-20(19)27-22/h5-6,11-12,14,16-18,24,28H,2-4,7-10,13,15H2,1H3,(H,25,29)(H,26,27)/t17-,18-,24-/m1/s1. The summed E-state index contributed by atoms with van der Waals surface area (Å²) in [5.74, 6) is 1.73. The largest absolute Gasteiger partial charge is 0.459 e. The number of hydrogen-bond donors (Lipinski definition) is 3. The maximum absolute atomic E-state index is 13.0. The molecule has 0 unspecified atom stereocenters.